The van der Waals surface area contributed by atoms with E-state index in [4.69, 9.17) is 34.4 Å². The Balaban J connectivity index is 1.38. The average molecular weight is 539 g/mol. The number of hydrogen-bond donors (Lipinski definition) is 0. The zero-order valence-corrected chi connectivity index (χ0v) is 22.1. The number of aromatic nitrogens is 2. The quantitative estimate of drug-likeness (QED) is 0.129. The highest BCUT2D eigenvalue weighted by molar-refractivity contribution is 5.91. The van der Waals surface area contributed by atoms with Crippen molar-refractivity contribution < 1.29 is 27.8 Å². The van der Waals surface area contributed by atoms with Crippen molar-refractivity contribution in [3.8, 4) is 40.5 Å². The molecule has 0 spiro atoms. The van der Waals surface area contributed by atoms with E-state index in [1.807, 2.05) is 13.8 Å². The zero-order chi connectivity index (χ0) is 27.9. The lowest BCUT2D eigenvalue weighted by Gasteiger charge is -2.08. The highest BCUT2D eigenvalue weighted by Crippen LogP contribution is 2.35. The number of ether oxygens (including phenoxy) is 4. The van der Waals surface area contributed by atoms with E-state index in [0.29, 0.717) is 107 Å². The Bertz CT molecular complexity index is 1550. The largest absolute Gasteiger partial charge is 0.502 e. The summed E-state index contributed by atoms with van der Waals surface area (Å²) >= 11 is 0. The first-order chi connectivity index (χ1) is 19.6. The van der Waals surface area contributed by atoms with Crippen molar-refractivity contribution in [3.05, 3.63) is 65.5 Å². The van der Waals surface area contributed by atoms with Crippen molar-refractivity contribution in [2.24, 2.45) is 0 Å². The molecule has 5 rings (SSSR count). The Labute approximate surface area is 230 Å². The van der Waals surface area contributed by atoms with E-state index < -0.39 is 0 Å². The van der Waals surface area contributed by atoms with Crippen LogP contribution in [-0.2, 0) is 9.47 Å². The van der Waals surface area contributed by atoms with Crippen LogP contribution in [0.1, 0.15) is 19.4 Å². The molecule has 0 aliphatic carbocycles. The van der Waals surface area contributed by atoms with Gasteiger partial charge in [-0.15, -0.1) is 0 Å². The van der Waals surface area contributed by atoms with Crippen molar-refractivity contribution in [3.63, 3.8) is 0 Å². The van der Waals surface area contributed by atoms with Crippen molar-refractivity contribution >= 4 is 27.9 Å². The second-order valence-corrected chi connectivity index (χ2v) is 8.53. The molecule has 0 aliphatic rings. The highest BCUT2D eigenvalue weighted by Gasteiger charge is 2.17. The van der Waals surface area contributed by atoms with Gasteiger partial charge in [-0.3, -0.25) is 0 Å². The molecule has 10 nitrogen and oxygen atoms in total. The smallest absolute Gasteiger partial charge is 0.228 e. The predicted molar refractivity (Wildman–Crippen MR) is 147 cm³/mol. The van der Waals surface area contributed by atoms with Gasteiger partial charge in [0.2, 0.25) is 17.5 Å². The van der Waals surface area contributed by atoms with Gasteiger partial charge >= 0.3 is 0 Å². The summed E-state index contributed by atoms with van der Waals surface area (Å²) in [6.45, 7) is 14.2. The van der Waals surface area contributed by atoms with Crippen LogP contribution in [0.15, 0.2) is 57.4 Å². The minimum absolute atomic E-state index is 0.352. The van der Waals surface area contributed by atoms with Crippen LogP contribution in [0.2, 0.25) is 0 Å². The molecule has 0 N–H and O–H groups in total. The van der Waals surface area contributed by atoms with Crippen molar-refractivity contribution in [1.29, 1.82) is 5.26 Å². The predicted octanol–water partition coefficient (Wildman–Crippen LogP) is 6.56. The Morgan fingerprint density at radius 1 is 0.775 bits per heavy atom. The fraction of sp³-hybridized carbons (Fsp3) is 0.267. The molecule has 0 amide bonds. The van der Waals surface area contributed by atoms with E-state index in [9.17, 15) is 5.26 Å². The molecule has 0 unspecified atom stereocenters. The summed E-state index contributed by atoms with van der Waals surface area (Å²) in [7, 11) is 0. The topological polar surface area (TPSA) is 117 Å². The molecule has 0 saturated carbocycles. The van der Waals surface area contributed by atoms with Crippen molar-refractivity contribution in [1.82, 2.24) is 9.97 Å². The number of oxazole rings is 2. The van der Waals surface area contributed by atoms with Crippen molar-refractivity contribution in [2.45, 2.75) is 13.8 Å². The summed E-state index contributed by atoms with van der Waals surface area (Å²) in [4.78, 5) is 12.8. The van der Waals surface area contributed by atoms with E-state index in [1.54, 1.807) is 48.5 Å². The maximum atomic E-state index is 9.60. The van der Waals surface area contributed by atoms with Crippen LogP contribution in [-0.4, -0.2) is 49.6 Å². The first kappa shape index (κ1) is 26.7. The lowest BCUT2D eigenvalue weighted by molar-refractivity contribution is 0.110. The summed E-state index contributed by atoms with van der Waals surface area (Å²) in [5.41, 5.74) is 4.25. The second kappa shape index (κ2) is 12.3. The summed E-state index contributed by atoms with van der Waals surface area (Å²) in [6.07, 6.45) is 0. The Morgan fingerprint density at radius 2 is 1.35 bits per heavy atom. The van der Waals surface area contributed by atoms with Gasteiger partial charge in [-0.2, -0.15) is 5.26 Å². The van der Waals surface area contributed by atoms with Gasteiger partial charge in [0.15, 0.2) is 11.2 Å². The van der Waals surface area contributed by atoms with Gasteiger partial charge < -0.3 is 27.8 Å². The van der Waals surface area contributed by atoms with Gasteiger partial charge in [0, 0.05) is 30.4 Å². The number of fused-ring (bicyclic) bond motifs is 2. The maximum Gasteiger partial charge on any atom is 0.228 e. The van der Waals surface area contributed by atoms with Crippen LogP contribution in [0.25, 0.3) is 50.0 Å². The third-order valence-corrected chi connectivity index (χ3v) is 5.95. The fourth-order valence-corrected chi connectivity index (χ4v) is 4.04. The molecule has 2 heterocycles. The van der Waals surface area contributed by atoms with E-state index in [1.165, 1.54) is 0 Å². The lowest BCUT2D eigenvalue weighted by Crippen LogP contribution is -2.07. The molecule has 0 atom stereocenters. The van der Waals surface area contributed by atoms with E-state index >= 15 is 0 Å². The Hall–Kier alpha value is -4.90. The monoisotopic (exact) mass is 538 g/mol. The van der Waals surface area contributed by atoms with Gasteiger partial charge in [0.25, 0.3) is 0 Å². The average Bonchev–Trinajstić information content (AvgIpc) is 3.59. The van der Waals surface area contributed by atoms with E-state index in [0.717, 1.165) is 0 Å². The van der Waals surface area contributed by atoms with E-state index in [2.05, 4.69) is 20.9 Å². The van der Waals surface area contributed by atoms with Gasteiger partial charge in [-0.1, -0.05) is 0 Å². The Kier molecular flexibility index (Phi) is 8.21. The van der Waals surface area contributed by atoms with Gasteiger partial charge in [0.1, 0.15) is 41.8 Å². The SMILES string of the molecule is [C-]#[N+]c1cc(-c2nc3cc4nc(-c5ccc(OCCOCC)c(C#N)c5)oc4cc3o2)ccc1OCCOCC. The van der Waals surface area contributed by atoms with Crippen molar-refractivity contribution in [2.75, 3.05) is 39.6 Å². The normalized spacial score (nSPS) is 11.0. The number of hydrogen-bond acceptors (Lipinski definition) is 9. The molecule has 0 radical (unpaired) electrons. The summed E-state index contributed by atoms with van der Waals surface area (Å²) < 4.78 is 33.9. The number of rotatable bonds is 12. The molecule has 10 heteroatoms. The zero-order valence-electron chi connectivity index (χ0n) is 22.1. The number of nitrogens with zero attached hydrogens (tertiary/aromatic N) is 4. The maximum absolute atomic E-state index is 9.60. The minimum Gasteiger partial charge on any atom is -0.502 e. The molecule has 0 aliphatic heterocycles. The summed E-state index contributed by atoms with van der Waals surface area (Å²) in [5, 5.41) is 9.60. The van der Waals surface area contributed by atoms with Crippen LogP contribution in [0.4, 0.5) is 5.69 Å². The number of benzene rings is 3. The lowest BCUT2D eigenvalue weighted by atomic mass is 10.1. The fourth-order valence-electron chi connectivity index (χ4n) is 4.04. The molecule has 202 valence electrons. The van der Waals surface area contributed by atoms with Gasteiger partial charge in [-0.05, 0) is 56.3 Å². The molecular weight excluding hydrogens is 512 g/mol. The first-order valence-corrected chi connectivity index (χ1v) is 12.8. The van der Waals surface area contributed by atoms with E-state index in [-0.39, 0.29) is 0 Å². The van der Waals surface area contributed by atoms with Crippen LogP contribution >= 0.6 is 0 Å². The first-order valence-electron chi connectivity index (χ1n) is 12.8. The summed E-state index contributed by atoms with van der Waals surface area (Å²) in [5.74, 6) is 1.69. The van der Waals surface area contributed by atoms with Gasteiger partial charge in [-0.25, -0.2) is 14.8 Å². The third-order valence-electron chi connectivity index (χ3n) is 5.95. The van der Waals surface area contributed by atoms with Gasteiger partial charge in [0.05, 0.1) is 25.3 Å². The van der Waals surface area contributed by atoms with Crippen LogP contribution in [0.5, 0.6) is 11.5 Å². The molecule has 3 aromatic carbocycles. The molecule has 5 aromatic rings. The Morgan fingerprint density at radius 3 is 1.93 bits per heavy atom. The molecule has 40 heavy (non-hydrogen) atoms. The standard InChI is InChI=1S/C30H26N4O6/c1-4-35-10-12-37-25-8-6-19(14-21(25)18-31)29-33-23-16-24-28(17-27(23)39-29)40-30(34-24)20-7-9-26(22(15-20)32-3)38-13-11-36-5-2/h6-9,14-17H,4-5,10-13H2,1-2H3. The molecule has 2 aromatic heterocycles. The molecule has 0 bridgehead atoms. The van der Waals surface area contributed by atoms with Crippen LogP contribution in [0, 0.1) is 17.9 Å². The highest BCUT2D eigenvalue weighted by atomic mass is 16.5. The van der Waals surface area contributed by atoms with Crippen LogP contribution < -0.4 is 9.47 Å². The third kappa shape index (κ3) is 5.74. The number of nitriles is 1. The van der Waals surface area contributed by atoms with Crippen LogP contribution in [0.3, 0.4) is 0 Å². The summed E-state index contributed by atoms with van der Waals surface area (Å²) in [6, 6.07) is 16.1. The second-order valence-electron chi connectivity index (χ2n) is 8.53. The molecule has 0 fully saturated rings. The molecular formula is C30H26N4O6. The minimum atomic E-state index is 0.352. The molecule has 0 saturated heterocycles.